The third kappa shape index (κ3) is 3.40. The minimum absolute atomic E-state index is 0.181. The van der Waals surface area contributed by atoms with E-state index < -0.39 is 0 Å². The zero-order valence-electron chi connectivity index (χ0n) is 12.4. The molecule has 0 N–H and O–H groups in total. The van der Waals surface area contributed by atoms with Crippen LogP contribution in [-0.2, 0) is 4.79 Å². The van der Waals surface area contributed by atoms with Gasteiger partial charge in [0, 0.05) is 13.1 Å². The Bertz CT molecular complexity index is 597. The lowest BCUT2D eigenvalue weighted by atomic mass is 9.92. The number of hydrogen-bond donors (Lipinski definition) is 0. The van der Waals surface area contributed by atoms with Gasteiger partial charge in [-0.15, -0.1) is 0 Å². The predicted molar refractivity (Wildman–Crippen MR) is 84.3 cm³/mol. The highest BCUT2D eigenvalue weighted by molar-refractivity contribution is 7.99. The Labute approximate surface area is 128 Å². The molecule has 1 fully saturated rings. The van der Waals surface area contributed by atoms with Crippen LogP contribution in [0.2, 0.25) is 0 Å². The number of para-hydroxylation sites is 2. The van der Waals surface area contributed by atoms with Gasteiger partial charge in [-0.25, -0.2) is 4.98 Å². The van der Waals surface area contributed by atoms with Crippen LogP contribution >= 0.6 is 11.8 Å². The quantitative estimate of drug-likeness (QED) is 0.815. The van der Waals surface area contributed by atoms with Crippen LogP contribution in [0.5, 0.6) is 0 Å². The first kappa shape index (κ1) is 14.4. The number of hydrogen-bond acceptors (Lipinski definition) is 4. The van der Waals surface area contributed by atoms with Crippen LogP contribution in [0, 0.1) is 11.8 Å². The second-order valence-corrected chi connectivity index (χ2v) is 6.91. The standard InChI is InChI=1S/C16H20N2O2S/c1-11-7-12(2)9-18(8-11)15(19)10-21-16-17-13-5-3-4-6-14(13)20-16/h3-6,11-12H,7-10H2,1-2H3. The summed E-state index contributed by atoms with van der Waals surface area (Å²) in [6, 6.07) is 7.66. The largest absolute Gasteiger partial charge is 0.431 e. The molecule has 1 aromatic carbocycles. The molecule has 1 amide bonds. The third-order valence-electron chi connectivity index (χ3n) is 3.81. The molecule has 0 aliphatic carbocycles. The van der Waals surface area contributed by atoms with E-state index in [9.17, 15) is 4.79 Å². The van der Waals surface area contributed by atoms with Crippen LogP contribution in [0.1, 0.15) is 20.3 Å². The molecule has 4 nitrogen and oxygen atoms in total. The Morgan fingerprint density at radius 3 is 2.76 bits per heavy atom. The van der Waals surface area contributed by atoms with E-state index in [1.807, 2.05) is 29.2 Å². The second kappa shape index (κ2) is 6.10. The first-order valence-corrected chi connectivity index (χ1v) is 8.36. The summed E-state index contributed by atoms with van der Waals surface area (Å²) >= 11 is 1.38. The summed E-state index contributed by atoms with van der Waals surface area (Å²) < 4.78 is 5.63. The van der Waals surface area contributed by atoms with E-state index in [2.05, 4.69) is 18.8 Å². The Balaban J connectivity index is 1.60. The van der Waals surface area contributed by atoms with Crippen molar-refractivity contribution < 1.29 is 9.21 Å². The summed E-state index contributed by atoms with van der Waals surface area (Å²) in [5.41, 5.74) is 1.61. The summed E-state index contributed by atoms with van der Waals surface area (Å²) in [5, 5.41) is 0.572. The van der Waals surface area contributed by atoms with E-state index in [-0.39, 0.29) is 5.91 Å². The predicted octanol–water partition coefficient (Wildman–Crippen LogP) is 3.42. The van der Waals surface area contributed by atoms with Gasteiger partial charge in [-0.2, -0.15) is 0 Å². The Kier molecular flexibility index (Phi) is 4.19. The number of carbonyl (C=O) groups excluding carboxylic acids is 1. The van der Waals surface area contributed by atoms with Crippen LogP contribution < -0.4 is 0 Å². The van der Waals surface area contributed by atoms with Crippen LogP contribution in [0.15, 0.2) is 33.9 Å². The van der Waals surface area contributed by atoms with Crippen LogP contribution in [-0.4, -0.2) is 34.6 Å². The number of aromatic nitrogens is 1. The van der Waals surface area contributed by atoms with E-state index in [0.717, 1.165) is 24.2 Å². The minimum Gasteiger partial charge on any atom is -0.431 e. The number of carbonyl (C=O) groups is 1. The lowest BCUT2D eigenvalue weighted by Gasteiger charge is -2.34. The normalized spacial score (nSPS) is 22.7. The van der Waals surface area contributed by atoms with Gasteiger partial charge in [0.25, 0.3) is 5.22 Å². The highest BCUT2D eigenvalue weighted by Gasteiger charge is 2.25. The molecule has 1 aliphatic rings. The van der Waals surface area contributed by atoms with E-state index >= 15 is 0 Å². The summed E-state index contributed by atoms with van der Waals surface area (Å²) in [6.45, 7) is 6.17. The van der Waals surface area contributed by atoms with E-state index in [1.165, 1.54) is 18.2 Å². The Morgan fingerprint density at radius 2 is 2.05 bits per heavy atom. The van der Waals surface area contributed by atoms with Gasteiger partial charge in [-0.1, -0.05) is 37.7 Å². The number of likely N-dealkylation sites (tertiary alicyclic amines) is 1. The van der Waals surface area contributed by atoms with Crippen molar-refractivity contribution in [1.29, 1.82) is 0 Å². The lowest BCUT2D eigenvalue weighted by molar-refractivity contribution is -0.130. The maximum Gasteiger partial charge on any atom is 0.257 e. The van der Waals surface area contributed by atoms with Gasteiger partial charge in [0.15, 0.2) is 5.58 Å². The molecule has 2 aromatic rings. The molecule has 3 rings (SSSR count). The number of benzene rings is 1. The molecule has 1 saturated heterocycles. The second-order valence-electron chi connectivity index (χ2n) is 5.98. The first-order chi connectivity index (χ1) is 10.1. The van der Waals surface area contributed by atoms with Gasteiger partial charge in [0.2, 0.25) is 5.91 Å². The van der Waals surface area contributed by atoms with Crippen LogP contribution in [0.25, 0.3) is 11.1 Å². The molecular formula is C16H20N2O2S. The topological polar surface area (TPSA) is 46.3 Å². The molecule has 0 spiro atoms. The molecule has 2 unspecified atom stereocenters. The zero-order valence-corrected chi connectivity index (χ0v) is 13.2. The first-order valence-electron chi connectivity index (χ1n) is 7.38. The molecule has 5 heteroatoms. The average molecular weight is 304 g/mol. The zero-order chi connectivity index (χ0) is 14.8. The van der Waals surface area contributed by atoms with Crippen molar-refractivity contribution in [3.05, 3.63) is 24.3 Å². The van der Waals surface area contributed by atoms with Gasteiger partial charge in [0.05, 0.1) is 5.75 Å². The molecule has 0 bridgehead atoms. The lowest BCUT2D eigenvalue weighted by Crippen LogP contribution is -2.43. The molecule has 1 aliphatic heterocycles. The maximum absolute atomic E-state index is 12.3. The van der Waals surface area contributed by atoms with Crippen molar-refractivity contribution >= 4 is 28.8 Å². The molecule has 0 radical (unpaired) electrons. The maximum atomic E-state index is 12.3. The Morgan fingerprint density at radius 1 is 1.33 bits per heavy atom. The van der Waals surface area contributed by atoms with Gasteiger partial charge in [-0.3, -0.25) is 4.79 Å². The molecule has 0 saturated carbocycles. The molecule has 112 valence electrons. The number of rotatable bonds is 3. The number of piperidine rings is 1. The fourth-order valence-corrected chi connectivity index (χ4v) is 3.74. The number of fused-ring (bicyclic) bond motifs is 1. The number of oxazole rings is 1. The van der Waals surface area contributed by atoms with E-state index in [4.69, 9.17) is 4.42 Å². The SMILES string of the molecule is CC1CC(C)CN(C(=O)CSc2nc3ccccc3o2)C1. The average Bonchev–Trinajstić information content (AvgIpc) is 2.86. The molecule has 2 heterocycles. The van der Waals surface area contributed by atoms with E-state index in [1.54, 1.807) is 0 Å². The number of thioether (sulfide) groups is 1. The van der Waals surface area contributed by atoms with Gasteiger partial charge < -0.3 is 9.32 Å². The van der Waals surface area contributed by atoms with Crippen molar-refractivity contribution in [3.63, 3.8) is 0 Å². The molecular weight excluding hydrogens is 284 g/mol. The monoisotopic (exact) mass is 304 g/mol. The molecule has 2 atom stereocenters. The van der Waals surface area contributed by atoms with Crippen LogP contribution in [0.4, 0.5) is 0 Å². The number of amides is 1. The highest BCUT2D eigenvalue weighted by Crippen LogP contribution is 2.25. The summed E-state index contributed by atoms with van der Waals surface area (Å²) in [5.74, 6) is 1.76. The van der Waals surface area contributed by atoms with Crippen molar-refractivity contribution in [2.75, 3.05) is 18.8 Å². The number of nitrogens with zero attached hydrogens (tertiary/aromatic N) is 2. The minimum atomic E-state index is 0.181. The molecule has 21 heavy (non-hydrogen) atoms. The van der Waals surface area contributed by atoms with E-state index in [0.29, 0.717) is 22.8 Å². The fourth-order valence-electron chi connectivity index (χ4n) is 2.99. The van der Waals surface area contributed by atoms with Gasteiger partial charge >= 0.3 is 0 Å². The van der Waals surface area contributed by atoms with Crippen LogP contribution in [0.3, 0.4) is 0 Å². The van der Waals surface area contributed by atoms with Gasteiger partial charge in [0.1, 0.15) is 5.52 Å². The summed E-state index contributed by atoms with van der Waals surface area (Å²) in [4.78, 5) is 18.7. The van der Waals surface area contributed by atoms with Crippen molar-refractivity contribution in [2.24, 2.45) is 11.8 Å². The van der Waals surface area contributed by atoms with Crippen molar-refractivity contribution in [2.45, 2.75) is 25.5 Å². The van der Waals surface area contributed by atoms with Crippen molar-refractivity contribution in [1.82, 2.24) is 9.88 Å². The molecule has 1 aromatic heterocycles. The Hall–Kier alpha value is -1.49. The van der Waals surface area contributed by atoms with Gasteiger partial charge in [-0.05, 0) is 30.4 Å². The summed E-state index contributed by atoms with van der Waals surface area (Å²) in [7, 11) is 0. The van der Waals surface area contributed by atoms with Crippen molar-refractivity contribution in [3.8, 4) is 0 Å². The third-order valence-corrected chi connectivity index (χ3v) is 4.63. The summed E-state index contributed by atoms with van der Waals surface area (Å²) in [6.07, 6.45) is 1.21. The highest BCUT2D eigenvalue weighted by atomic mass is 32.2. The smallest absolute Gasteiger partial charge is 0.257 e. The fraction of sp³-hybridized carbons (Fsp3) is 0.500.